The summed E-state index contributed by atoms with van der Waals surface area (Å²) in [6.07, 6.45) is -0.501. The van der Waals surface area contributed by atoms with Crippen molar-refractivity contribution < 1.29 is 19.4 Å². The maximum Gasteiger partial charge on any atom is 0.344 e. The fourth-order valence-electron chi connectivity index (χ4n) is 1.19. The minimum absolute atomic E-state index is 0.0954. The fourth-order valence-corrected chi connectivity index (χ4v) is 1.19. The highest BCUT2D eigenvalue weighted by Gasteiger charge is 2.04. The van der Waals surface area contributed by atoms with E-state index in [0.717, 1.165) is 5.56 Å². The van der Waals surface area contributed by atoms with E-state index < -0.39 is 6.10 Å². The van der Waals surface area contributed by atoms with E-state index >= 15 is 0 Å². The molecule has 0 unspecified atom stereocenters. The topological polar surface area (TPSA) is 55.8 Å². The van der Waals surface area contributed by atoms with Gasteiger partial charge in [0.1, 0.15) is 5.75 Å². The maximum atomic E-state index is 11.0. The van der Waals surface area contributed by atoms with Crippen LogP contribution in [0.2, 0.25) is 0 Å². The molecule has 1 N–H and O–H groups in total. The number of carbonyl (C=O) groups is 1. The van der Waals surface area contributed by atoms with Gasteiger partial charge in [0.25, 0.3) is 0 Å². The first-order valence-corrected chi connectivity index (χ1v) is 5.20. The Morgan fingerprint density at radius 1 is 1.38 bits per heavy atom. The monoisotopic (exact) mass is 224 g/mol. The summed E-state index contributed by atoms with van der Waals surface area (Å²) in [5.74, 6) is 0.194. The highest BCUT2D eigenvalue weighted by atomic mass is 16.6. The Hall–Kier alpha value is -1.55. The normalized spacial score (nSPS) is 11.9. The highest BCUT2D eigenvalue weighted by molar-refractivity contribution is 5.71. The summed E-state index contributed by atoms with van der Waals surface area (Å²) >= 11 is 0. The van der Waals surface area contributed by atoms with Crippen molar-refractivity contribution in [2.45, 2.75) is 20.0 Å². The third-order valence-corrected chi connectivity index (χ3v) is 2.02. The number of rotatable bonds is 5. The molecule has 0 aliphatic carbocycles. The van der Waals surface area contributed by atoms with Gasteiger partial charge in [-0.05, 0) is 31.5 Å². The molecule has 0 saturated heterocycles. The molecule has 1 aromatic carbocycles. The maximum absolute atomic E-state index is 11.0. The first-order valence-electron chi connectivity index (χ1n) is 5.20. The van der Waals surface area contributed by atoms with Crippen molar-refractivity contribution in [2.75, 3.05) is 13.2 Å². The second kappa shape index (κ2) is 6.12. The Bertz CT molecular complexity index is 329. The van der Waals surface area contributed by atoms with Gasteiger partial charge < -0.3 is 14.6 Å². The van der Waals surface area contributed by atoms with Crippen molar-refractivity contribution in [3.8, 4) is 5.75 Å². The molecular weight excluding hydrogens is 208 g/mol. The molecule has 0 radical (unpaired) electrons. The van der Waals surface area contributed by atoms with Gasteiger partial charge in [-0.2, -0.15) is 0 Å². The minimum atomic E-state index is -0.501. The molecule has 0 heterocycles. The van der Waals surface area contributed by atoms with Crippen molar-refractivity contribution in [2.24, 2.45) is 0 Å². The van der Waals surface area contributed by atoms with Gasteiger partial charge in [-0.3, -0.25) is 0 Å². The van der Waals surface area contributed by atoms with E-state index in [0.29, 0.717) is 12.4 Å². The van der Waals surface area contributed by atoms with Gasteiger partial charge in [0.2, 0.25) is 0 Å². The molecule has 16 heavy (non-hydrogen) atoms. The summed E-state index contributed by atoms with van der Waals surface area (Å²) in [6.45, 7) is 3.69. The van der Waals surface area contributed by atoms with Crippen LogP contribution in [0.5, 0.6) is 5.75 Å². The Morgan fingerprint density at radius 2 is 2.00 bits per heavy atom. The molecule has 4 heteroatoms. The Balaban J connectivity index is 2.46. The summed E-state index contributed by atoms with van der Waals surface area (Å²) in [5, 5.41) is 9.29. The van der Waals surface area contributed by atoms with E-state index in [-0.39, 0.29) is 12.6 Å². The molecule has 1 atom stereocenters. The lowest BCUT2D eigenvalue weighted by atomic mass is 10.1. The minimum Gasteiger partial charge on any atom is -0.482 e. The third-order valence-electron chi connectivity index (χ3n) is 2.02. The van der Waals surface area contributed by atoms with Crippen LogP contribution >= 0.6 is 0 Å². The van der Waals surface area contributed by atoms with Crippen molar-refractivity contribution >= 4 is 5.97 Å². The summed E-state index contributed by atoms with van der Waals surface area (Å²) < 4.78 is 9.92. The van der Waals surface area contributed by atoms with Gasteiger partial charge in [0.15, 0.2) is 6.61 Å². The van der Waals surface area contributed by atoms with Gasteiger partial charge in [-0.1, -0.05) is 12.1 Å². The van der Waals surface area contributed by atoms with Gasteiger partial charge in [-0.25, -0.2) is 4.79 Å². The van der Waals surface area contributed by atoms with Crippen LogP contribution in [0.15, 0.2) is 24.3 Å². The average Bonchev–Trinajstić information content (AvgIpc) is 2.27. The molecule has 0 aliphatic rings. The fraction of sp³-hybridized carbons (Fsp3) is 0.417. The number of hydrogen-bond acceptors (Lipinski definition) is 4. The zero-order valence-corrected chi connectivity index (χ0v) is 9.47. The van der Waals surface area contributed by atoms with Crippen LogP contribution in [-0.4, -0.2) is 24.3 Å². The summed E-state index contributed by atoms with van der Waals surface area (Å²) in [6, 6.07) is 6.93. The predicted molar refractivity (Wildman–Crippen MR) is 59.2 cm³/mol. The largest absolute Gasteiger partial charge is 0.482 e. The van der Waals surface area contributed by atoms with Crippen LogP contribution in [0.3, 0.4) is 0 Å². The van der Waals surface area contributed by atoms with Gasteiger partial charge in [0.05, 0.1) is 12.7 Å². The lowest BCUT2D eigenvalue weighted by Gasteiger charge is -2.07. The number of ether oxygens (including phenoxy) is 2. The number of aliphatic hydroxyl groups is 1. The number of carbonyl (C=O) groups excluding carboxylic acids is 1. The zero-order chi connectivity index (χ0) is 12.0. The number of hydrogen-bond donors (Lipinski definition) is 1. The molecule has 4 nitrogen and oxygen atoms in total. The smallest absolute Gasteiger partial charge is 0.344 e. The van der Waals surface area contributed by atoms with Crippen molar-refractivity contribution in [1.29, 1.82) is 0 Å². The summed E-state index contributed by atoms with van der Waals surface area (Å²) in [5.41, 5.74) is 0.809. The van der Waals surface area contributed by atoms with E-state index in [2.05, 4.69) is 0 Å². The standard InChI is InChI=1S/C12H16O4/c1-3-15-12(14)8-16-11-6-4-10(5-7-11)9(2)13/h4-7,9,13H,3,8H2,1-2H3/t9-/m1/s1. The molecular formula is C12H16O4. The van der Waals surface area contributed by atoms with E-state index in [1.807, 2.05) is 0 Å². The predicted octanol–water partition coefficient (Wildman–Crippen LogP) is 1.68. The first-order chi connectivity index (χ1) is 7.63. The number of benzene rings is 1. The lowest BCUT2D eigenvalue weighted by Crippen LogP contribution is -2.14. The number of aliphatic hydroxyl groups excluding tert-OH is 1. The van der Waals surface area contributed by atoms with E-state index in [4.69, 9.17) is 9.47 Å². The van der Waals surface area contributed by atoms with Gasteiger partial charge in [0, 0.05) is 0 Å². The van der Waals surface area contributed by atoms with Crippen molar-refractivity contribution in [3.63, 3.8) is 0 Å². The second-order valence-electron chi connectivity index (χ2n) is 3.34. The van der Waals surface area contributed by atoms with Gasteiger partial charge in [-0.15, -0.1) is 0 Å². The third kappa shape index (κ3) is 3.90. The zero-order valence-electron chi connectivity index (χ0n) is 9.47. The molecule has 0 saturated carbocycles. The highest BCUT2D eigenvalue weighted by Crippen LogP contribution is 2.17. The molecule has 1 aromatic rings. The number of esters is 1. The molecule has 0 spiro atoms. The molecule has 0 fully saturated rings. The first kappa shape index (κ1) is 12.5. The summed E-state index contributed by atoms with van der Waals surface area (Å²) in [7, 11) is 0. The van der Waals surface area contributed by atoms with Gasteiger partial charge >= 0.3 is 5.97 Å². The second-order valence-corrected chi connectivity index (χ2v) is 3.34. The summed E-state index contributed by atoms with van der Waals surface area (Å²) in [4.78, 5) is 11.0. The van der Waals surface area contributed by atoms with Crippen LogP contribution in [0.4, 0.5) is 0 Å². The van der Waals surface area contributed by atoms with Crippen LogP contribution in [0, 0.1) is 0 Å². The van der Waals surface area contributed by atoms with E-state index in [1.54, 1.807) is 38.1 Å². The quantitative estimate of drug-likeness (QED) is 0.773. The molecule has 0 bridgehead atoms. The molecule has 0 aliphatic heterocycles. The Morgan fingerprint density at radius 3 is 2.50 bits per heavy atom. The lowest BCUT2D eigenvalue weighted by molar-refractivity contribution is -0.145. The van der Waals surface area contributed by atoms with Crippen molar-refractivity contribution in [3.05, 3.63) is 29.8 Å². The van der Waals surface area contributed by atoms with Crippen LogP contribution in [0.25, 0.3) is 0 Å². The van der Waals surface area contributed by atoms with Crippen molar-refractivity contribution in [1.82, 2.24) is 0 Å². The van der Waals surface area contributed by atoms with Crippen LogP contribution in [-0.2, 0) is 9.53 Å². The Labute approximate surface area is 94.8 Å². The molecule has 0 aromatic heterocycles. The van der Waals surface area contributed by atoms with E-state index in [9.17, 15) is 9.90 Å². The molecule has 1 rings (SSSR count). The molecule has 88 valence electrons. The Kier molecular flexibility index (Phi) is 4.79. The van der Waals surface area contributed by atoms with E-state index in [1.165, 1.54) is 0 Å². The average molecular weight is 224 g/mol. The van der Waals surface area contributed by atoms with Crippen LogP contribution in [0.1, 0.15) is 25.5 Å². The molecule has 0 amide bonds. The SMILES string of the molecule is CCOC(=O)COc1ccc([C@@H](C)O)cc1. The van der Waals surface area contributed by atoms with Crippen LogP contribution < -0.4 is 4.74 Å².